The molecule has 22 heavy (non-hydrogen) atoms. The van der Waals surface area contributed by atoms with E-state index in [4.69, 9.17) is 4.74 Å². The first-order chi connectivity index (χ1) is 10.2. The Morgan fingerprint density at radius 3 is 2.50 bits per heavy atom. The third kappa shape index (κ3) is 4.38. The van der Waals surface area contributed by atoms with Crippen molar-refractivity contribution in [1.82, 2.24) is 9.97 Å². The van der Waals surface area contributed by atoms with E-state index in [0.717, 1.165) is 28.1 Å². The van der Waals surface area contributed by atoms with Crippen LogP contribution in [0.4, 0.5) is 0 Å². The Hall–Kier alpha value is -2.23. The molecule has 0 spiro atoms. The molecule has 0 N–H and O–H groups in total. The molecule has 0 fully saturated rings. The third-order valence-electron chi connectivity index (χ3n) is 3.07. The van der Waals surface area contributed by atoms with Crippen LogP contribution in [-0.2, 0) is 16.0 Å². The number of esters is 1. The summed E-state index contributed by atoms with van der Waals surface area (Å²) in [4.78, 5) is 20.6. The highest BCUT2D eigenvalue weighted by atomic mass is 16.6. The van der Waals surface area contributed by atoms with Gasteiger partial charge >= 0.3 is 5.97 Å². The van der Waals surface area contributed by atoms with Gasteiger partial charge in [-0.25, -0.2) is 0 Å². The monoisotopic (exact) mass is 298 g/mol. The normalized spacial score (nSPS) is 11.3. The molecule has 4 nitrogen and oxygen atoms in total. The summed E-state index contributed by atoms with van der Waals surface area (Å²) in [6, 6.07) is 5.93. The Labute approximate surface area is 131 Å². The minimum absolute atomic E-state index is 0.235. The molecular weight excluding hydrogens is 276 g/mol. The van der Waals surface area contributed by atoms with Crippen molar-refractivity contribution in [2.45, 2.75) is 46.6 Å². The molecule has 2 rings (SSSR count). The van der Waals surface area contributed by atoms with E-state index in [1.807, 2.05) is 52.8 Å². The molecule has 0 radical (unpaired) electrons. The molecule has 0 amide bonds. The number of hydrogen-bond donors (Lipinski definition) is 0. The smallest absolute Gasteiger partial charge is 0.310 e. The van der Waals surface area contributed by atoms with Gasteiger partial charge in [0.25, 0.3) is 0 Å². The number of aromatic nitrogens is 2. The van der Waals surface area contributed by atoms with Crippen LogP contribution in [0.25, 0.3) is 11.3 Å². The summed E-state index contributed by atoms with van der Waals surface area (Å²) in [5, 5.41) is 0. The van der Waals surface area contributed by atoms with E-state index in [9.17, 15) is 4.79 Å². The maximum atomic E-state index is 11.9. The van der Waals surface area contributed by atoms with Crippen molar-refractivity contribution in [1.29, 1.82) is 0 Å². The molecule has 0 aliphatic carbocycles. The third-order valence-corrected chi connectivity index (χ3v) is 3.07. The lowest BCUT2D eigenvalue weighted by atomic mass is 10.0. The van der Waals surface area contributed by atoms with Gasteiger partial charge in [-0.2, -0.15) is 0 Å². The topological polar surface area (TPSA) is 52.1 Å². The minimum Gasteiger partial charge on any atom is -0.460 e. The molecule has 0 aromatic carbocycles. The number of rotatable bonds is 3. The minimum atomic E-state index is -0.464. The fourth-order valence-corrected chi connectivity index (χ4v) is 2.27. The zero-order valence-electron chi connectivity index (χ0n) is 13.8. The molecule has 0 aliphatic rings. The predicted octanol–water partition coefficient (Wildman–Crippen LogP) is 3.64. The first kappa shape index (κ1) is 16.1. The first-order valence-electron chi connectivity index (χ1n) is 7.35. The average Bonchev–Trinajstić information content (AvgIpc) is 2.36. The van der Waals surface area contributed by atoms with Gasteiger partial charge in [-0.3, -0.25) is 14.8 Å². The number of pyridine rings is 2. The van der Waals surface area contributed by atoms with Gasteiger partial charge in [0.2, 0.25) is 0 Å². The maximum Gasteiger partial charge on any atom is 0.310 e. The predicted molar refractivity (Wildman–Crippen MR) is 86.5 cm³/mol. The Bertz CT molecular complexity index is 688. The van der Waals surface area contributed by atoms with Gasteiger partial charge in [0.15, 0.2) is 0 Å². The van der Waals surface area contributed by atoms with Gasteiger partial charge in [-0.15, -0.1) is 0 Å². The van der Waals surface area contributed by atoms with Crippen LogP contribution < -0.4 is 0 Å². The lowest BCUT2D eigenvalue weighted by molar-refractivity contribution is -0.153. The van der Waals surface area contributed by atoms with Gasteiger partial charge in [-0.1, -0.05) is 6.07 Å². The first-order valence-corrected chi connectivity index (χ1v) is 7.35. The van der Waals surface area contributed by atoms with Crippen LogP contribution in [0.15, 0.2) is 30.6 Å². The number of carbonyl (C=O) groups is 1. The molecule has 116 valence electrons. The number of ether oxygens (including phenoxy) is 1. The second kappa shape index (κ2) is 6.26. The van der Waals surface area contributed by atoms with Crippen LogP contribution in [0.1, 0.15) is 37.6 Å². The molecule has 2 aromatic rings. The van der Waals surface area contributed by atoms with Crippen molar-refractivity contribution >= 4 is 5.97 Å². The van der Waals surface area contributed by atoms with Gasteiger partial charge in [0.1, 0.15) is 5.60 Å². The lowest BCUT2D eigenvalue weighted by Crippen LogP contribution is -2.25. The molecule has 0 unspecified atom stereocenters. The second-order valence-corrected chi connectivity index (χ2v) is 6.46. The van der Waals surface area contributed by atoms with Crippen molar-refractivity contribution < 1.29 is 9.53 Å². The molecule has 0 aliphatic heterocycles. The molecular formula is C18H22N2O2. The van der Waals surface area contributed by atoms with Crippen LogP contribution >= 0.6 is 0 Å². The van der Waals surface area contributed by atoms with Gasteiger partial charge in [-0.05, 0) is 57.9 Å². The Balaban J connectivity index is 2.18. The summed E-state index contributed by atoms with van der Waals surface area (Å²) in [7, 11) is 0. The summed E-state index contributed by atoms with van der Waals surface area (Å²) in [5.74, 6) is -0.235. The van der Waals surface area contributed by atoms with Gasteiger partial charge in [0.05, 0.1) is 12.1 Å². The second-order valence-electron chi connectivity index (χ2n) is 6.46. The summed E-state index contributed by atoms with van der Waals surface area (Å²) in [6.07, 6.45) is 3.75. The van der Waals surface area contributed by atoms with Gasteiger partial charge in [0, 0.05) is 23.7 Å². The van der Waals surface area contributed by atoms with Crippen molar-refractivity contribution in [3.05, 3.63) is 47.4 Å². The van der Waals surface area contributed by atoms with Crippen LogP contribution in [0.5, 0.6) is 0 Å². The van der Waals surface area contributed by atoms with E-state index in [-0.39, 0.29) is 12.4 Å². The molecule has 0 bridgehead atoms. The Morgan fingerprint density at radius 1 is 1.18 bits per heavy atom. The molecule has 4 heteroatoms. The fraction of sp³-hybridized carbons (Fsp3) is 0.389. The summed E-state index contributed by atoms with van der Waals surface area (Å²) in [5.41, 5.74) is 4.34. The van der Waals surface area contributed by atoms with Crippen LogP contribution in [0.2, 0.25) is 0 Å². The highest BCUT2D eigenvalue weighted by Crippen LogP contribution is 2.22. The van der Waals surface area contributed by atoms with E-state index in [0.29, 0.717) is 0 Å². The fourth-order valence-electron chi connectivity index (χ4n) is 2.27. The highest BCUT2D eigenvalue weighted by Gasteiger charge is 2.17. The summed E-state index contributed by atoms with van der Waals surface area (Å²) >= 11 is 0. The molecule has 0 saturated heterocycles. The van der Waals surface area contributed by atoms with Crippen LogP contribution in [0, 0.1) is 13.8 Å². The van der Waals surface area contributed by atoms with Crippen LogP contribution in [-0.4, -0.2) is 21.5 Å². The van der Waals surface area contributed by atoms with E-state index >= 15 is 0 Å². The number of nitrogens with zero attached hydrogens (tertiary/aromatic N) is 2. The summed E-state index contributed by atoms with van der Waals surface area (Å²) in [6.45, 7) is 9.54. The maximum absolute atomic E-state index is 11.9. The van der Waals surface area contributed by atoms with Gasteiger partial charge < -0.3 is 4.74 Å². The largest absolute Gasteiger partial charge is 0.460 e. The molecule has 2 aromatic heterocycles. The van der Waals surface area contributed by atoms with Crippen molar-refractivity contribution in [2.24, 2.45) is 0 Å². The molecule has 0 atom stereocenters. The summed E-state index contributed by atoms with van der Waals surface area (Å²) < 4.78 is 5.34. The van der Waals surface area contributed by atoms with E-state index in [2.05, 4.69) is 9.97 Å². The van der Waals surface area contributed by atoms with Crippen molar-refractivity contribution in [3.8, 4) is 11.3 Å². The van der Waals surface area contributed by atoms with E-state index in [1.165, 1.54) is 0 Å². The molecule has 0 saturated carbocycles. The molecule has 2 heterocycles. The van der Waals surface area contributed by atoms with Crippen molar-refractivity contribution in [2.75, 3.05) is 0 Å². The zero-order valence-corrected chi connectivity index (χ0v) is 13.8. The van der Waals surface area contributed by atoms with E-state index < -0.39 is 5.60 Å². The highest BCUT2D eigenvalue weighted by molar-refractivity contribution is 5.73. The number of aryl methyl sites for hydroxylation is 2. The Morgan fingerprint density at radius 2 is 1.91 bits per heavy atom. The number of hydrogen-bond acceptors (Lipinski definition) is 4. The van der Waals surface area contributed by atoms with Crippen LogP contribution in [0.3, 0.4) is 0 Å². The Kier molecular flexibility index (Phi) is 4.59. The average molecular weight is 298 g/mol. The lowest BCUT2D eigenvalue weighted by Gasteiger charge is -2.19. The standard InChI is InChI=1S/C18H22N2O2/c1-12-8-14(10-16(21)22-18(3,4)5)11-20-17(12)15-6-7-19-13(2)9-15/h6-9,11H,10H2,1-5H3. The quantitative estimate of drug-likeness (QED) is 0.812. The zero-order chi connectivity index (χ0) is 16.3. The SMILES string of the molecule is Cc1cc(-c2ncc(CC(=O)OC(C)(C)C)cc2C)ccn1. The van der Waals surface area contributed by atoms with Crippen molar-refractivity contribution in [3.63, 3.8) is 0 Å². The number of carbonyl (C=O) groups excluding carboxylic acids is 1. The van der Waals surface area contributed by atoms with E-state index in [1.54, 1.807) is 12.4 Å².